The monoisotopic (exact) mass is 704 g/mol. The van der Waals surface area contributed by atoms with Crippen molar-refractivity contribution in [3.05, 3.63) is 122 Å². The van der Waals surface area contributed by atoms with Crippen LogP contribution in [0.4, 0.5) is 0 Å². The number of aromatic nitrogens is 5. The number of ether oxygens (including phenoxy) is 2. The molecule has 1 aliphatic rings. The van der Waals surface area contributed by atoms with Gasteiger partial charge in [0, 0.05) is 37.5 Å². The minimum absolute atomic E-state index is 0.0423. The first-order chi connectivity index (χ1) is 25.3. The van der Waals surface area contributed by atoms with Gasteiger partial charge in [0.1, 0.15) is 6.61 Å². The molecule has 0 aliphatic carbocycles. The van der Waals surface area contributed by atoms with Gasteiger partial charge in [-0.2, -0.15) is 4.98 Å². The topological polar surface area (TPSA) is 184 Å². The minimum atomic E-state index is -0.637. The number of carbonyl (C=O) groups is 2. The second-order valence-corrected chi connectivity index (χ2v) is 12.4. The van der Waals surface area contributed by atoms with E-state index >= 15 is 0 Å². The highest BCUT2D eigenvalue weighted by molar-refractivity contribution is 5.92. The summed E-state index contributed by atoms with van der Waals surface area (Å²) >= 11 is 0. The summed E-state index contributed by atoms with van der Waals surface area (Å²) in [6, 6.07) is 22.8. The SMILES string of the molecule is COc1nc(OCc2cccc(-c3ccccc3)c2C)ccc1CN1CCCCC1C(=O)NCCNC(=O)c1ccc(-c2c[nH]c(=O)[nH]c2=O)nn1. The summed E-state index contributed by atoms with van der Waals surface area (Å²) in [6.45, 7) is 4.07. The van der Waals surface area contributed by atoms with Crippen molar-refractivity contribution < 1.29 is 19.1 Å². The van der Waals surface area contributed by atoms with E-state index in [2.05, 4.69) is 71.9 Å². The third-order valence-corrected chi connectivity index (χ3v) is 9.01. The Hall–Kier alpha value is -6.15. The second-order valence-electron chi connectivity index (χ2n) is 12.4. The molecule has 268 valence electrons. The fraction of sp³-hybridized carbons (Fsp3) is 0.289. The number of nitrogens with one attached hydrogen (secondary N) is 4. The lowest BCUT2D eigenvalue weighted by Crippen LogP contribution is -2.50. The standard InChI is InChI=1S/C38H40N8O6/c1-24-27(11-8-12-28(24)25-9-4-3-5-10-25)23-52-33-17-14-26(37(42-33)51-2)22-46-20-7-6-13-32(46)36(49)40-19-18-39-35(48)31-16-15-30(44-45-31)29-21-41-38(50)43-34(29)47/h3-5,8-12,14-17,21,32H,6-7,13,18-20,22-23H2,1-2H3,(H,39,48)(H,40,49)(H2,41,43,47,50). The molecule has 2 amide bonds. The molecule has 4 heterocycles. The highest BCUT2D eigenvalue weighted by Gasteiger charge is 2.29. The highest BCUT2D eigenvalue weighted by atomic mass is 16.5. The number of methoxy groups -OCH3 is 1. The van der Waals surface area contributed by atoms with E-state index in [4.69, 9.17) is 9.47 Å². The molecule has 1 fully saturated rings. The van der Waals surface area contributed by atoms with Gasteiger partial charge in [0.25, 0.3) is 11.5 Å². The van der Waals surface area contributed by atoms with Gasteiger partial charge >= 0.3 is 5.69 Å². The first-order valence-corrected chi connectivity index (χ1v) is 17.1. The molecule has 0 saturated carbocycles. The maximum atomic E-state index is 13.3. The van der Waals surface area contributed by atoms with E-state index in [1.54, 1.807) is 7.11 Å². The lowest BCUT2D eigenvalue weighted by Gasteiger charge is -2.34. The molecule has 2 aromatic carbocycles. The zero-order valence-electron chi connectivity index (χ0n) is 29.0. The third-order valence-electron chi connectivity index (χ3n) is 9.01. The summed E-state index contributed by atoms with van der Waals surface area (Å²) < 4.78 is 11.8. The molecule has 14 heteroatoms. The van der Waals surface area contributed by atoms with Crippen LogP contribution in [0, 0.1) is 6.92 Å². The average Bonchev–Trinajstić information content (AvgIpc) is 3.17. The van der Waals surface area contributed by atoms with Crippen LogP contribution in [-0.2, 0) is 17.9 Å². The lowest BCUT2D eigenvalue weighted by atomic mass is 9.97. The summed E-state index contributed by atoms with van der Waals surface area (Å²) in [4.78, 5) is 60.4. The van der Waals surface area contributed by atoms with Crippen molar-refractivity contribution in [3.63, 3.8) is 0 Å². The largest absolute Gasteiger partial charge is 0.481 e. The second kappa shape index (κ2) is 16.7. The Balaban J connectivity index is 1.00. The molecular weight excluding hydrogens is 664 g/mol. The number of aromatic amines is 2. The van der Waals surface area contributed by atoms with E-state index in [0.717, 1.165) is 47.2 Å². The molecule has 1 aliphatic heterocycles. The van der Waals surface area contributed by atoms with Crippen LogP contribution in [0.5, 0.6) is 11.8 Å². The number of nitrogens with zero attached hydrogens (tertiary/aromatic N) is 4. The van der Waals surface area contributed by atoms with Crippen LogP contribution < -0.4 is 31.4 Å². The molecule has 5 aromatic rings. The van der Waals surface area contributed by atoms with Gasteiger partial charge in [-0.1, -0.05) is 55.0 Å². The van der Waals surface area contributed by atoms with Crippen LogP contribution in [0.1, 0.15) is 46.4 Å². The van der Waals surface area contributed by atoms with Crippen LogP contribution in [0.2, 0.25) is 0 Å². The van der Waals surface area contributed by atoms with E-state index < -0.39 is 17.2 Å². The number of rotatable bonds is 13. The molecule has 1 atom stereocenters. The van der Waals surface area contributed by atoms with Crippen molar-refractivity contribution in [2.24, 2.45) is 0 Å². The van der Waals surface area contributed by atoms with Crippen molar-refractivity contribution in [3.8, 4) is 34.1 Å². The quantitative estimate of drug-likeness (QED) is 0.133. The summed E-state index contributed by atoms with van der Waals surface area (Å²) in [5.41, 5.74) is 4.49. The molecule has 52 heavy (non-hydrogen) atoms. The van der Waals surface area contributed by atoms with Crippen molar-refractivity contribution in [1.82, 2.24) is 40.7 Å². The average molecular weight is 705 g/mol. The molecule has 1 unspecified atom stereocenters. The van der Waals surface area contributed by atoms with Gasteiger partial charge in [0.05, 0.1) is 24.4 Å². The first kappa shape index (κ1) is 35.7. The van der Waals surface area contributed by atoms with Crippen LogP contribution in [0.25, 0.3) is 22.4 Å². The Labute approximate surface area is 299 Å². The molecule has 0 spiro atoms. The number of amides is 2. The van der Waals surface area contributed by atoms with Crippen molar-refractivity contribution in [2.75, 3.05) is 26.7 Å². The summed E-state index contributed by atoms with van der Waals surface area (Å²) in [5, 5.41) is 13.5. The molecule has 0 radical (unpaired) electrons. The zero-order valence-corrected chi connectivity index (χ0v) is 29.0. The molecular formula is C38H40N8O6. The van der Waals surface area contributed by atoms with Gasteiger partial charge in [0.15, 0.2) is 5.69 Å². The van der Waals surface area contributed by atoms with Gasteiger partial charge < -0.3 is 25.1 Å². The van der Waals surface area contributed by atoms with Crippen LogP contribution in [0.3, 0.4) is 0 Å². The molecule has 3 aromatic heterocycles. The minimum Gasteiger partial charge on any atom is -0.481 e. The van der Waals surface area contributed by atoms with Crippen molar-refractivity contribution in [2.45, 2.75) is 45.4 Å². The predicted octanol–water partition coefficient (Wildman–Crippen LogP) is 3.38. The number of benzene rings is 2. The van der Waals surface area contributed by atoms with Crippen LogP contribution in [0.15, 0.2) is 88.6 Å². The zero-order chi connectivity index (χ0) is 36.5. The Morgan fingerprint density at radius 3 is 2.50 bits per heavy atom. The number of hydrogen-bond acceptors (Lipinski definition) is 10. The van der Waals surface area contributed by atoms with Crippen LogP contribution >= 0.6 is 0 Å². The van der Waals surface area contributed by atoms with Crippen LogP contribution in [-0.4, -0.2) is 74.6 Å². The smallest absolute Gasteiger partial charge is 0.325 e. The Kier molecular flexibility index (Phi) is 11.5. The molecule has 0 bridgehead atoms. The highest BCUT2D eigenvalue weighted by Crippen LogP contribution is 2.28. The first-order valence-electron chi connectivity index (χ1n) is 17.1. The number of likely N-dealkylation sites (tertiary alicyclic amines) is 1. The molecule has 6 rings (SSSR count). The van der Waals surface area contributed by atoms with E-state index in [9.17, 15) is 19.2 Å². The summed E-state index contributed by atoms with van der Waals surface area (Å²) in [6.07, 6.45) is 3.83. The fourth-order valence-electron chi connectivity index (χ4n) is 6.21. The number of hydrogen-bond donors (Lipinski definition) is 4. The van der Waals surface area contributed by atoms with E-state index in [-0.39, 0.29) is 42.0 Å². The van der Waals surface area contributed by atoms with Gasteiger partial charge in [-0.3, -0.25) is 24.3 Å². The number of H-pyrrole nitrogens is 2. The van der Waals surface area contributed by atoms with Gasteiger partial charge in [0.2, 0.25) is 17.7 Å². The third kappa shape index (κ3) is 8.58. The Morgan fingerprint density at radius 2 is 1.73 bits per heavy atom. The molecule has 4 N–H and O–H groups in total. The number of piperidine rings is 1. The lowest BCUT2D eigenvalue weighted by molar-refractivity contribution is -0.127. The van der Waals surface area contributed by atoms with Crippen molar-refractivity contribution >= 4 is 11.8 Å². The molecule has 1 saturated heterocycles. The summed E-state index contributed by atoms with van der Waals surface area (Å²) in [7, 11) is 1.57. The van der Waals surface area contributed by atoms with E-state index in [1.165, 1.54) is 18.3 Å². The fourth-order valence-corrected chi connectivity index (χ4v) is 6.21. The maximum absolute atomic E-state index is 13.3. The normalized spacial score (nSPS) is 14.4. The van der Waals surface area contributed by atoms with Crippen molar-refractivity contribution in [1.29, 1.82) is 0 Å². The number of pyridine rings is 1. The van der Waals surface area contributed by atoms with E-state index in [0.29, 0.717) is 31.3 Å². The number of carbonyl (C=O) groups excluding carboxylic acids is 2. The van der Waals surface area contributed by atoms with Gasteiger partial charge in [-0.25, -0.2) is 4.79 Å². The maximum Gasteiger partial charge on any atom is 0.325 e. The Bertz CT molecular complexity index is 2130. The van der Waals surface area contributed by atoms with E-state index in [1.807, 2.05) is 36.4 Å². The molecule has 14 nitrogen and oxygen atoms in total. The van der Waals surface area contributed by atoms with Gasteiger partial charge in [-0.15, -0.1) is 10.2 Å². The Morgan fingerprint density at radius 1 is 0.904 bits per heavy atom. The predicted molar refractivity (Wildman–Crippen MR) is 194 cm³/mol. The summed E-state index contributed by atoms with van der Waals surface area (Å²) in [5.74, 6) is 0.294. The van der Waals surface area contributed by atoms with Gasteiger partial charge in [-0.05, 0) is 66.8 Å².